The van der Waals surface area contributed by atoms with Gasteiger partial charge in [-0.15, -0.1) is 0 Å². The number of aromatic nitrogens is 2. The molecule has 0 unspecified atom stereocenters. The molecule has 1 fully saturated rings. The molecule has 2 amide bonds. The molecule has 0 spiro atoms. The van der Waals surface area contributed by atoms with Gasteiger partial charge >= 0.3 is 11.8 Å². The summed E-state index contributed by atoms with van der Waals surface area (Å²) in [5.41, 5.74) is 2.58. The molecular formula is C20H25N5O2. The van der Waals surface area contributed by atoms with Crippen LogP contribution in [-0.2, 0) is 9.59 Å². The first-order valence-electron chi connectivity index (χ1n) is 9.21. The van der Waals surface area contributed by atoms with E-state index in [1.54, 1.807) is 18.6 Å². The molecule has 1 aromatic carbocycles. The van der Waals surface area contributed by atoms with Gasteiger partial charge in [0.1, 0.15) is 5.82 Å². The van der Waals surface area contributed by atoms with Crippen LogP contribution in [0.4, 0.5) is 11.5 Å². The number of rotatable bonds is 4. The molecule has 1 aliphatic rings. The number of hydrogen-bond acceptors (Lipinski definition) is 5. The van der Waals surface area contributed by atoms with E-state index in [1.807, 2.05) is 32.0 Å². The Morgan fingerprint density at radius 2 is 1.81 bits per heavy atom. The first-order chi connectivity index (χ1) is 13.0. The molecule has 0 bridgehead atoms. The third-order valence-corrected chi connectivity index (χ3v) is 4.97. The highest BCUT2D eigenvalue weighted by atomic mass is 16.2. The van der Waals surface area contributed by atoms with E-state index in [2.05, 4.69) is 25.5 Å². The van der Waals surface area contributed by atoms with Crippen molar-refractivity contribution in [3.63, 3.8) is 0 Å². The number of anilines is 2. The van der Waals surface area contributed by atoms with Gasteiger partial charge in [-0.1, -0.05) is 18.2 Å². The maximum atomic E-state index is 12.2. The highest BCUT2D eigenvalue weighted by molar-refractivity contribution is 6.39. The Morgan fingerprint density at radius 3 is 2.44 bits per heavy atom. The van der Waals surface area contributed by atoms with Crippen molar-refractivity contribution in [1.29, 1.82) is 0 Å². The number of aryl methyl sites for hydroxylation is 2. The predicted molar refractivity (Wildman–Crippen MR) is 105 cm³/mol. The van der Waals surface area contributed by atoms with E-state index < -0.39 is 11.8 Å². The van der Waals surface area contributed by atoms with E-state index in [1.165, 1.54) is 0 Å². The molecule has 2 N–H and O–H groups in total. The minimum atomic E-state index is -0.621. The highest BCUT2D eigenvalue weighted by Gasteiger charge is 2.22. The number of carbonyl (C=O) groups excluding carboxylic acids is 2. The number of piperidine rings is 1. The van der Waals surface area contributed by atoms with Crippen molar-refractivity contribution in [3.05, 3.63) is 47.9 Å². The summed E-state index contributed by atoms with van der Waals surface area (Å²) < 4.78 is 0. The first kappa shape index (κ1) is 18.8. The lowest BCUT2D eigenvalue weighted by molar-refractivity contribution is -0.136. The van der Waals surface area contributed by atoms with Crippen molar-refractivity contribution >= 4 is 23.3 Å². The van der Waals surface area contributed by atoms with Gasteiger partial charge in [-0.2, -0.15) is 0 Å². The summed E-state index contributed by atoms with van der Waals surface area (Å²) in [6.07, 6.45) is 7.00. The minimum Gasteiger partial charge on any atom is -0.355 e. The van der Waals surface area contributed by atoms with E-state index >= 15 is 0 Å². The summed E-state index contributed by atoms with van der Waals surface area (Å²) in [5, 5.41) is 5.49. The van der Waals surface area contributed by atoms with E-state index in [-0.39, 0.29) is 0 Å². The molecule has 1 aliphatic heterocycles. The van der Waals surface area contributed by atoms with Crippen LogP contribution in [0.3, 0.4) is 0 Å². The van der Waals surface area contributed by atoms with Crippen LogP contribution in [0.1, 0.15) is 24.0 Å². The number of nitrogens with one attached hydrogen (secondary N) is 2. The largest absolute Gasteiger partial charge is 0.355 e. The van der Waals surface area contributed by atoms with E-state index in [4.69, 9.17) is 0 Å². The van der Waals surface area contributed by atoms with Crippen molar-refractivity contribution < 1.29 is 9.59 Å². The van der Waals surface area contributed by atoms with Gasteiger partial charge in [0, 0.05) is 37.7 Å². The molecule has 7 nitrogen and oxygen atoms in total. The van der Waals surface area contributed by atoms with Gasteiger partial charge in [-0.25, -0.2) is 4.98 Å². The maximum Gasteiger partial charge on any atom is 0.313 e. The second-order valence-electron chi connectivity index (χ2n) is 6.92. The molecule has 0 saturated carbocycles. The molecule has 7 heteroatoms. The average molecular weight is 367 g/mol. The lowest BCUT2D eigenvalue weighted by Crippen LogP contribution is -2.42. The monoisotopic (exact) mass is 367 g/mol. The SMILES string of the molecule is Cc1cccc(C)c1NC(=O)C(=O)NCC1CCN(c2cnccn2)CC1. The summed E-state index contributed by atoms with van der Waals surface area (Å²) in [6.45, 7) is 6.06. The van der Waals surface area contributed by atoms with E-state index in [9.17, 15) is 9.59 Å². The van der Waals surface area contributed by atoms with Crippen LogP contribution in [0.25, 0.3) is 0 Å². The first-order valence-corrected chi connectivity index (χ1v) is 9.21. The third kappa shape index (κ3) is 4.81. The van der Waals surface area contributed by atoms with Crippen LogP contribution in [0.15, 0.2) is 36.8 Å². The van der Waals surface area contributed by atoms with Crippen molar-refractivity contribution in [2.45, 2.75) is 26.7 Å². The number of carbonyl (C=O) groups is 2. The standard InChI is InChI=1S/C20H25N5O2/c1-14-4-3-5-15(2)18(14)24-20(27)19(26)23-12-16-6-10-25(11-7-16)17-13-21-8-9-22-17/h3-5,8-9,13,16H,6-7,10-12H2,1-2H3,(H,23,26)(H,24,27). The van der Waals surface area contributed by atoms with Crippen LogP contribution in [0.2, 0.25) is 0 Å². The second-order valence-corrected chi connectivity index (χ2v) is 6.92. The normalized spacial score (nSPS) is 14.7. The zero-order chi connectivity index (χ0) is 19.2. The van der Waals surface area contributed by atoms with Gasteiger partial charge < -0.3 is 15.5 Å². The van der Waals surface area contributed by atoms with Gasteiger partial charge in [-0.05, 0) is 43.7 Å². The predicted octanol–water partition coefficient (Wildman–Crippen LogP) is 2.06. The van der Waals surface area contributed by atoms with Gasteiger partial charge in [0.05, 0.1) is 6.20 Å². The third-order valence-electron chi connectivity index (χ3n) is 4.97. The smallest absolute Gasteiger partial charge is 0.313 e. The van der Waals surface area contributed by atoms with Gasteiger partial charge in [0.15, 0.2) is 0 Å². The Balaban J connectivity index is 1.45. The lowest BCUT2D eigenvalue weighted by Gasteiger charge is -2.32. The lowest BCUT2D eigenvalue weighted by atomic mass is 9.97. The fourth-order valence-electron chi connectivity index (χ4n) is 3.32. The van der Waals surface area contributed by atoms with Gasteiger partial charge in [0.2, 0.25) is 0 Å². The minimum absolute atomic E-state index is 0.356. The average Bonchev–Trinajstić information content (AvgIpc) is 2.70. The van der Waals surface area contributed by atoms with Crippen LogP contribution in [-0.4, -0.2) is 41.4 Å². The fraction of sp³-hybridized carbons (Fsp3) is 0.400. The van der Waals surface area contributed by atoms with Crippen LogP contribution in [0.5, 0.6) is 0 Å². The summed E-state index contributed by atoms with van der Waals surface area (Å²) in [6, 6.07) is 5.74. The topological polar surface area (TPSA) is 87.2 Å². The molecule has 2 aromatic rings. The molecule has 0 aliphatic carbocycles. The van der Waals surface area contributed by atoms with Gasteiger partial charge in [-0.3, -0.25) is 14.6 Å². The second kappa shape index (κ2) is 8.62. The molecule has 142 valence electrons. The van der Waals surface area contributed by atoms with Crippen molar-refractivity contribution in [3.8, 4) is 0 Å². The van der Waals surface area contributed by atoms with E-state index in [0.29, 0.717) is 18.2 Å². The van der Waals surface area contributed by atoms with Crippen LogP contribution >= 0.6 is 0 Å². The summed E-state index contributed by atoms with van der Waals surface area (Å²) >= 11 is 0. The Kier molecular flexibility index (Phi) is 6.01. The Morgan fingerprint density at radius 1 is 1.11 bits per heavy atom. The Labute approximate surface area is 159 Å². The number of benzene rings is 1. The number of amides is 2. The number of nitrogens with zero attached hydrogens (tertiary/aromatic N) is 3. The molecule has 27 heavy (non-hydrogen) atoms. The van der Waals surface area contributed by atoms with Crippen molar-refractivity contribution in [2.75, 3.05) is 29.9 Å². The van der Waals surface area contributed by atoms with Crippen molar-refractivity contribution in [2.24, 2.45) is 5.92 Å². The molecule has 1 saturated heterocycles. The molecule has 1 aromatic heterocycles. The highest BCUT2D eigenvalue weighted by Crippen LogP contribution is 2.21. The Hall–Kier alpha value is -2.96. The maximum absolute atomic E-state index is 12.2. The van der Waals surface area contributed by atoms with Gasteiger partial charge in [0.25, 0.3) is 0 Å². The molecule has 0 radical (unpaired) electrons. The number of hydrogen-bond donors (Lipinski definition) is 2. The number of para-hydroxylation sites is 1. The van der Waals surface area contributed by atoms with Crippen molar-refractivity contribution in [1.82, 2.24) is 15.3 Å². The van der Waals surface area contributed by atoms with Crippen LogP contribution in [0, 0.1) is 19.8 Å². The molecular weight excluding hydrogens is 342 g/mol. The summed E-state index contributed by atoms with van der Waals surface area (Å²) in [4.78, 5) is 34.9. The quantitative estimate of drug-likeness (QED) is 0.808. The summed E-state index contributed by atoms with van der Waals surface area (Å²) in [7, 11) is 0. The zero-order valence-electron chi connectivity index (χ0n) is 15.7. The van der Waals surface area contributed by atoms with Crippen LogP contribution < -0.4 is 15.5 Å². The molecule has 3 rings (SSSR count). The Bertz CT molecular complexity index is 781. The zero-order valence-corrected chi connectivity index (χ0v) is 15.7. The van der Waals surface area contributed by atoms with E-state index in [0.717, 1.165) is 42.9 Å². The fourth-order valence-corrected chi connectivity index (χ4v) is 3.32. The summed E-state index contributed by atoms with van der Waals surface area (Å²) in [5.74, 6) is 0.0289. The molecule has 0 atom stereocenters. The molecule has 2 heterocycles.